The van der Waals surface area contributed by atoms with Gasteiger partial charge in [-0.05, 0) is 54.1 Å². The van der Waals surface area contributed by atoms with Crippen molar-refractivity contribution >= 4 is 58.0 Å². The number of benzene rings is 3. The Labute approximate surface area is 220 Å². The third kappa shape index (κ3) is 5.51. The van der Waals surface area contributed by atoms with Crippen molar-refractivity contribution in [3.63, 3.8) is 0 Å². The molecule has 1 saturated carbocycles. The highest BCUT2D eigenvalue weighted by Crippen LogP contribution is 2.65. The van der Waals surface area contributed by atoms with Crippen molar-refractivity contribution in [3.8, 4) is 0 Å². The quantitative estimate of drug-likeness (QED) is 0.241. The number of amides is 2. The largest absolute Gasteiger partial charge is 0.419 e. The van der Waals surface area contributed by atoms with Crippen LogP contribution >= 0.6 is 34.8 Å². The second-order valence-electron chi connectivity index (χ2n) is 8.13. The summed E-state index contributed by atoms with van der Waals surface area (Å²) < 4.78 is 78.7. The van der Waals surface area contributed by atoms with E-state index in [0.29, 0.717) is 12.1 Å². The van der Waals surface area contributed by atoms with E-state index >= 15 is 0 Å². The first-order valence-electron chi connectivity index (χ1n) is 10.3. The van der Waals surface area contributed by atoms with Crippen LogP contribution in [0.3, 0.4) is 0 Å². The summed E-state index contributed by atoms with van der Waals surface area (Å²) in [7, 11) is 0. The molecule has 0 aromatic heterocycles. The number of rotatable bonds is 5. The highest BCUT2D eigenvalue weighted by Gasteiger charge is 2.67. The molecule has 3 aromatic rings. The van der Waals surface area contributed by atoms with E-state index in [1.807, 2.05) is 0 Å². The number of halogens is 9. The Morgan fingerprint density at radius 1 is 0.865 bits per heavy atom. The highest BCUT2D eigenvalue weighted by molar-refractivity contribution is 6.53. The first-order chi connectivity index (χ1) is 17.2. The third-order valence-corrected chi connectivity index (χ3v) is 6.91. The Morgan fingerprint density at radius 2 is 1.51 bits per heavy atom. The first-order valence-corrected chi connectivity index (χ1v) is 11.4. The van der Waals surface area contributed by atoms with Crippen molar-refractivity contribution in [1.29, 1.82) is 0 Å². The van der Waals surface area contributed by atoms with Gasteiger partial charge in [0.15, 0.2) is 0 Å². The molecule has 194 valence electrons. The molecule has 0 aliphatic heterocycles. The van der Waals surface area contributed by atoms with Gasteiger partial charge in [0.25, 0.3) is 5.91 Å². The smallest absolute Gasteiger partial charge is 0.323 e. The molecule has 0 unspecified atom stereocenters. The summed E-state index contributed by atoms with van der Waals surface area (Å²) in [5.41, 5.74) is -2.21. The molecule has 0 saturated heterocycles. The lowest BCUT2D eigenvalue weighted by molar-refractivity contribution is -0.140. The minimum Gasteiger partial charge on any atom is -0.323 e. The molecule has 4 rings (SSSR count). The zero-order chi connectivity index (χ0) is 27.3. The predicted octanol–water partition coefficient (Wildman–Crippen LogP) is 7.55. The van der Waals surface area contributed by atoms with Gasteiger partial charge < -0.3 is 10.6 Å². The number of anilines is 2. The van der Waals surface area contributed by atoms with Gasteiger partial charge in [0.1, 0.15) is 21.8 Å². The number of carbonyl (C=O) groups is 2. The molecule has 2 N–H and O–H groups in total. The monoisotopic (exact) mass is 580 g/mol. The van der Waals surface area contributed by atoms with Crippen LogP contribution < -0.4 is 10.6 Å². The number of carbonyl (C=O) groups excluding carboxylic acids is 2. The average molecular weight is 582 g/mol. The second-order valence-corrected chi connectivity index (χ2v) is 9.98. The average Bonchev–Trinajstić information content (AvgIpc) is 3.38. The van der Waals surface area contributed by atoms with E-state index in [1.54, 1.807) is 0 Å². The molecule has 2 amide bonds. The van der Waals surface area contributed by atoms with Gasteiger partial charge in [0.05, 0.1) is 27.8 Å². The lowest BCUT2D eigenvalue weighted by Crippen LogP contribution is -2.19. The summed E-state index contributed by atoms with van der Waals surface area (Å²) in [5, 5.41) is 4.35. The number of nitrogens with one attached hydrogen (secondary N) is 2. The molecule has 0 heterocycles. The predicted molar refractivity (Wildman–Crippen MR) is 126 cm³/mol. The number of hydrogen-bond donors (Lipinski definition) is 2. The maximum atomic E-state index is 14.5. The Hall–Kier alpha value is -2.95. The van der Waals surface area contributed by atoms with E-state index in [-0.39, 0.29) is 21.8 Å². The standard InChI is InChI=1S/C24H13Cl3F6N2O2/c25-15-9-17(30)18(8-13(15)21(36)34-12-4-2-11(28)3-5-12)35-22(37)20-19(23(20,26)27)10-1-6-16(29)14(7-10)24(31,32)33/h1-9,19-20H,(H,34,36)(H,35,37)/t19-,20+/m0/s1. The van der Waals surface area contributed by atoms with Gasteiger partial charge in [-0.3, -0.25) is 9.59 Å². The molecule has 0 spiro atoms. The van der Waals surface area contributed by atoms with Crippen molar-refractivity contribution in [3.05, 3.63) is 93.8 Å². The lowest BCUT2D eigenvalue weighted by atomic mass is 10.0. The van der Waals surface area contributed by atoms with Gasteiger partial charge in [0, 0.05) is 11.6 Å². The minimum absolute atomic E-state index is 0.144. The summed E-state index contributed by atoms with van der Waals surface area (Å²) in [6, 6.07) is 8.57. The Morgan fingerprint density at radius 3 is 2.14 bits per heavy atom. The topological polar surface area (TPSA) is 58.2 Å². The summed E-state index contributed by atoms with van der Waals surface area (Å²) in [5.74, 6) is -7.31. The van der Waals surface area contributed by atoms with Gasteiger partial charge in [0.2, 0.25) is 5.91 Å². The van der Waals surface area contributed by atoms with Crippen LogP contribution in [0.4, 0.5) is 37.7 Å². The molecule has 4 nitrogen and oxygen atoms in total. The van der Waals surface area contributed by atoms with E-state index in [2.05, 4.69) is 10.6 Å². The molecule has 0 bridgehead atoms. The van der Waals surface area contributed by atoms with Crippen LogP contribution in [0, 0.1) is 23.4 Å². The molecule has 37 heavy (non-hydrogen) atoms. The molecule has 0 radical (unpaired) electrons. The van der Waals surface area contributed by atoms with Crippen LogP contribution in [-0.4, -0.2) is 16.1 Å². The number of alkyl halides is 5. The van der Waals surface area contributed by atoms with Gasteiger partial charge >= 0.3 is 6.18 Å². The lowest BCUT2D eigenvalue weighted by Gasteiger charge is -2.12. The van der Waals surface area contributed by atoms with E-state index in [1.165, 1.54) is 12.1 Å². The SMILES string of the molecule is O=C(Nc1ccc(F)cc1)c1cc(NC(=O)[C@H]2[C@H](c3ccc(F)c(C(F)(F)F)c3)C2(Cl)Cl)c(F)cc1Cl. The molecular formula is C24H13Cl3F6N2O2. The maximum absolute atomic E-state index is 14.5. The van der Waals surface area contributed by atoms with Crippen LogP contribution in [0.2, 0.25) is 5.02 Å². The van der Waals surface area contributed by atoms with Crippen molar-refractivity contribution in [2.75, 3.05) is 10.6 Å². The summed E-state index contributed by atoms with van der Waals surface area (Å²) >= 11 is 18.3. The van der Waals surface area contributed by atoms with Gasteiger partial charge in [-0.1, -0.05) is 17.7 Å². The summed E-state index contributed by atoms with van der Waals surface area (Å²) in [6.07, 6.45) is -4.99. The summed E-state index contributed by atoms with van der Waals surface area (Å²) in [4.78, 5) is 25.5. The van der Waals surface area contributed by atoms with Crippen LogP contribution in [0.1, 0.15) is 27.4 Å². The normalized spacial score (nSPS) is 18.3. The van der Waals surface area contributed by atoms with Crippen molar-refractivity contribution in [2.45, 2.75) is 16.4 Å². The molecule has 1 aliphatic carbocycles. The maximum Gasteiger partial charge on any atom is 0.419 e. The van der Waals surface area contributed by atoms with Gasteiger partial charge in [-0.2, -0.15) is 13.2 Å². The van der Waals surface area contributed by atoms with E-state index in [0.717, 1.165) is 30.3 Å². The van der Waals surface area contributed by atoms with Crippen molar-refractivity contribution < 1.29 is 35.9 Å². The van der Waals surface area contributed by atoms with E-state index in [9.17, 15) is 35.9 Å². The molecular weight excluding hydrogens is 569 g/mol. The number of hydrogen-bond acceptors (Lipinski definition) is 2. The van der Waals surface area contributed by atoms with Crippen LogP contribution in [-0.2, 0) is 11.0 Å². The Balaban J connectivity index is 1.56. The highest BCUT2D eigenvalue weighted by atomic mass is 35.5. The molecule has 2 atom stereocenters. The Kier molecular flexibility index (Phi) is 7.13. The summed E-state index contributed by atoms with van der Waals surface area (Å²) in [6.45, 7) is 0. The molecule has 13 heteroatoms. The van der Waals surface area contributed by atoms with Gasteiger partial charge in [-0.15, -0.1) is 23.2 Å². The second kappa shape index (κ2) is 9.74. The van der Waals surface area contributed by atoms with Crippen LogP contribution in [0.5, 0.6) is 0 Å². The van der Waals surface area contributed by atoms with E-state index in [4.69, 9.17) is 34.8 Å². The Bertz CT molecular complexity index is 1400. The van der Waals surface area contributed by atoms with Crippen molar-refractivity contribution in [2.24, 2.45) is 5.92 Å². The van der Waals surface area contributed by atoms with Crippen LogP contribution in [0.25, 0.3) is 0 Å². The van der Waals surface area contributed by atoms with Gasteiger partial charge in [-0.25, -0.2) is 13.2 Å². The minimum atomic E-state index is -4.99. The first kappa shape index (κ1) is 27.1. The van der Waals surface area contributed by atoms with Crippen molar-refractivity contribution in [1.82, 2.24) is 0 Å². The van der Waals surface area contributed by atoms with Crippen LogP contribution in [0.15, 0.2) is 54.6 Å². The molecule has 1 fully saturated rings. The fourth-order valence-electron chi connectivity index (χ4n) is 3.78. The third-order valence-electron chi connectivity index (χ3n) is 5.65. The zero-order valence-corrected chi connectivity index (χ0v) is 20.3. The molecule has 1 aliphatic rings. The fourth-order valence-corrected chi connectivity index (χ4v) is 4.85. The fraction of sp³-hybridized carbons (Fsp3) is 0.167. The van der Waals surface area contributed by atoms with E-state index < -0.39 is 62.9 Å². The molecule has 3 aromatic carbocycles. The zero-order valence-electron chi connectivity index (χ0n) is 18.1.